The molecule has 2 saturated heterocycles. The molecule has 0 spiro atoms. The van der Waals surface area contributed by atoms with Crippen molar-refractivity contribution in [3.05, 3.63) is 23.8 Å². The fourth-order valence-electron chi connectivity index (χ4n) is 3.99. The van der Waals surface area contributed by atoms with Crippen molar-refractivity contribution in [2.75, 3.05) is 33.4 Å². The molecule has 7 heteroatoms. The number of ether oxygens (including phenoxy) is 3. The Morgan fingerprint density at radius 3 is 2.63 bits per heavy atom. The maximum absolute atomic E-state index is 12.4. The molecule has 2 fully saturated rings. The molecule has 27 heavy (non-hydrogen) atoms. The molecule has 0 aliphatic carbocycles. The average Bonchev–Trinajstić information content (AvgIpc) is 3.16. The molecule has 2 heterocycles. The monoisotopic (exact) mass is 377 g/mol. The van der Waals surface area contributed by atoms with Gasteiger partial charge < -0.3 is 24.2 Å². The number of nitrogens with zero attached hydrogens (tertiary/aromatic N) is 1. The molecule has 3 rings (SSSR count). The van der Waals surface area contributed by atoms with Crippen LogP contribution in [0, 0.1) is 18.8 Å². The quantitative estimate of drug-likeness (QED) is 0.817. The summed E-state index contributed by atoms with van der Waals surface area (Å²) < 4.78 is 16.5. The lowest BCUT2D eigenvalue weighted by Gasteiger charge is -2.35. The van der Waals surface area contributed by atoms with E-state index in [4.69, 9.17) is 14.2 Å². The van der Waals surface area contributed by atoms with Crippen LogP contribution in [-0.2, 0) is 14.3 Å². The first-order valence-corrected chi connectivity index (χ1v) is 9.39. The van der Waals surface area contributed by atoms with Gasteiger partial charge in [0, 0.05) is 19.7 Å². The fourth-order valence-corrected chi connectivity index (χ4v) is 3.99. The number of piperidine rings is 1. The zero-order valence-corrected chi connectivity index (χ0v) is 15.8. The van der Waals surface area contributed by atoms with Gasteiger partial charge in [-0.1, -0.05) is 0 Å². The average molecular weight is 377 g/mol. The van der Waals surface area contributed by atoms with E-state index in [0.29, 0.717) is 31.9 Å². The van der Waals surface area contributed by atoms with Crippen molar-refractivity contribution in [1.82, 2.24) is 4.90 Å². The zero-order valence-electron chi connectivity index (χ0n) is 15.8. The van der Waals surface area contributed by atoms with Crippen molar-refractivity contribution in [1.29, 1.82) is 0 Å². The van der Waals surface area contributed by atoms with Crippen molar-refractivity contribution < 1.29 is 28.9 Å². The number of carboxylic acids is 1. The second-order valence-corrected chi connectivity index (χ2v) is 7.21. The Labute approximate surface area is 159 Å². The molecule has 0 aromatic heterocycles. The SMILES string of the molecule is COc1ccc(OCC(=O)N2CCC([C@@H]3OCCC3C(=O)O)CC2)cc1C. The molecular weight excluding hydrogens is 350 g/mol. The van der Waals surface area contributed by atoms with Gasteiger partial charge in [-0.15, -0.1) is 0 Å². The van der Waals surface area contributed by atoms with E-state index >= 15 is 0 Å². The zero-order chi connectivity index (χ0) is 19.4. The van der Waals surface area contributed by atoms with Gasteiger partial charge in [-0.2, -0.15) is 0 Å². The predicted molar refractivity (Wildman–Crippen MR) is 98.0 cm³/mol. The third-order valence-electron chi connectivity index (χ3n) is 5.54. The van der Waals surface area contributed by atoms with Crippen LogP contribution < -0.4 is 9.47 Å². The van der Waals surface area contributed by atoms with Gasteiger partial charge in [-0.3, -0.25) is 9.59 Å². The van der Waals surface area contributed by atoms with Crippen LogP contribution in [0.1, 0.15) is 24.8 Å². The summed E-state index contributed by atoms with van der Waals surface area (Å²) in [7, 11) is 1.62. The number of likely N-dealkylation sites (tertiary alicyclic amines) is 1. The van der Waals surface area contributed by atoms with E-state index in [-0.39, 0.29) is 24.5 Å². The van der Waals surface area contributed by atoms with Crippen molar-refractivity contribution >= 4 is 11.9 Å². The van der Waals surface area contributed by atoms with Crippen LogP contribution in [-0.4, -0.2) is 61.4 Å². The lowest BCUT2D eigenvalue weighted by molar-refractivity contribution is -0.146. The molecule has 2 aliphatic heterocycles. The second kappa shape index (κ2) is 8.61. The van der Waals surface area contributed by atoms with E-state index in [1.54, 1.807) is 18.1 Å². The second-order valence-electron chi connectivity index (χ2n) is 7.21. The predicted octanol–water partition coefficient (Wildman–Crippen LogP) is 2.11. The molecule has 0 saturated carbocycles. The minimum Gasteiger partial charge on any atom is -0.496 e. The highest BCUT2D eigenvalue weighted by molar-refractivity contribution is 5.78. The highest BCUT2D eigenvalue weighted by atomic mass is 16.5. The summed E-state index contributed by atoms with van der Waals surface area (Å²) >= 11 is 0. The summed E-state index contributed by atoms with van der Waals surface area (Å²) in [6.07, 6.45) is 1.89. The van der Waals surface area contributed by atoms with E-state index in [9.17, 15) is 14.7 Å². The number of aliphatic carboxylic acids is 1. The number of aryl methyl sites for hydroxylation is 1. The van der Waals surface area contributed by atoms with E-state index in [1.807, 2.05) is 19.1 Å². The molecule has 0 radical (unpaired) electrons. The Kier molecular flexibility index (Phi) is 6.21. The van der Waals surface area contributed by atoms with Gasteiger partial charge in [-0.25, -0.2) is 0 Å². The Balaban J connectivity index is 1.47. The van der Waals surface area contributed by atoms with Gasteiger partial charge in [0.1, 0.15) is 11.5 Å². The van der Waals surface area contributed by atoms with Crippen molar-refractivity contribution in [2.24, 2.45) is 11.8 Å². The van der Waals surface area contributed by atoms with Crippen molar-refractivity contribution in [3.63, 3.8) is 0 Å². The first kappa shape index (κ1) is 19.5. The molecular formula is C20H27NO6. The molecule has 2 aliphatic rings. The molecule has 1 N–H and O–H groups in total. The van der Waals surface area contributed by atoms with Crippen molar-refractivity contribution in [3.8, 4) is 11.5 Å². The lowest BCUT2D eigenvalue weighted by Crippen LogP contribution is -2.44. The summed E-state index contributed by atoms with van der Waals surface area (Å²) in [5.41, 5.74) is 0.952. The van der Waals surface area contributed by atoms with E-state index in [0.717, 1.165) is 24.2 Å². The van der Waals surface area contributed by atoms with Crippen LogP contribution in [0.5, 0.6) is 11.5 Å². The smallest absolute Gasteiger partial charge is 0.309 e. The highest BCUT2D eigenvalue weighted by Crippen LogP contribution is 2.33. The lowest BCUT2D eigenvalue weighted by atomic mass is 9.84. The number of hydrogen-bond donors (Lipinski definition) is 1. The normalized spacial score (nSPS) is 23.3. The molecule has 0 bridgehead atoms. The molecule has 7 nitrogen and oxygen atoms in total. The minimum absolute atomic E-state index is 0.00584. The fraction of sp³-hybridized carbons (Fsp3) is 0.600. The number of methoxy groups -OCH3 is 1. The summed E-state index contributed by atoms with van der Waals surface area (Å²) in [4.78, 5) is 25.6. The number of carbonyl (C=O) groups is 2. The van der Waals surface area contributed by atoms with Crippen LogP contribution in [0.3, 0.4) is 0 Å². The van der Waals surface area contributed by atoms with E-state index in [2.05, 4.69) is 0 Å². The molecule has 1 aromatic rings. The Morgan fingerprint density at radius 2 is 2.00 bits per heavy atom. The van der Waals surface area contributed by atoms with Crippen molar-refractivity contribution in [2.45, 2.75) is 32.3 Å². The topological polar surface area (TPSA) is 85.3 Å². The van der Waals surface area contributed by atoms with Gasteiger partial charge >= 0.3 is 5.97 Å². The molecule has 1 unspecified atom stereocenters. The summed E-state index contributed by atoms with van der Waals surface area (Å²) in [6, 6.07) is 5.46. The summed E-state index contributed by atoms with van der Waals surface area (Å²) in [5, 5.41) is 9.32. The number of amides is 1. The molecule has 2 atom stereocenters. The number of rotatable bonds is 6. The first-order valence-electron chi connectivity index (χ1n) is 9.39. The van der Waals surface area contributed by atoms with Gasteiger partial charge in [0.2, 0.25) is 0 Å². The third kappa shape index (κ3) is 4.53. The number of carboxylic acid groups (broad SMARTS) is 1. The number of hydrogen-bond acceptors (Lipinski definition) is 5. The van der Waals surface area contributed by atoms with Crippen LogP contribution in [0.4, 0.5) is 0 Å². The van der Waals surface area contributed by atoms with Gasteiger partial charge in [0.25, 0.3) is 5.91 Å². The Bertz CT molecular complexity index is 683. The summed E-state index contributed by atoms with van der Waals surface area (Å²) in [5.74, 6) is 0.370. The third-order valence-corrected chi connectivity index (χ3v) is 5.54. The van der Waals surface area contributed by atoms with Crippen LogP contribution in [0.2, 0.25) is 0 Å². The van der Waals surface area contributed by atoms with E-state index < -0.39 is 11.9 Å². The van der Waals surface area contributed by atoms with Crippen LogP contribution >= 0.6 is 0 Å². The number of benzene rings is 1. The Hall–Kier alpha value is -2.28. The standard InChI is InChI=1S/C20H27NO6/c1-13-11-15(3-4-17(13)25-2)27-12-18(22)21-8-5-14(6-9-21)19-16(20(23)24)7-10-26-19/h3-4,11,14,16,19H,5-10,12H2,1-2H3,(H,23,24)/t16?,19-/m0/s1. The largest absolute Gasteiger partial charge is 0.496 e. The maximum Gasteiger partial charge on any atom is 0.309 e. The van der Waals surface area contributed by atoms with Crippen LogP contribution in [0.15, 0.2) is 18.2 Å². The Morgan fingerprint density at radius 1 is 1.26 bits per heavy atom. The van der Waals surface area contributed by atoms with Gasteiger partial charge in [-0.05, 0) is 55.9 Å². The summed E-state index contributed by atoms with van der Waals surface area (Å²) in [6.45, 7) is 3.65. The first-order chi connectivity index (χ1) is 13.0. The van der Waals surface area contributed by atoms with Gasteiger partial charge in [0.05, 0.1) is 19.1 Å². The minimum atomic E-state index is -0.779. The van der Waals surface area contributed by atoms with E-state index in [1.165, 1.54) is 0 Å². The molecule has 148 valence electrons. The maximum atomic E-state index is 12.4. The van der Waals surface area contributed by atoms with Crippen LogP contribution in [0.25, 0.3) is 0 Å². The molecule has 1 amide bonds. The highest BCUT2D eigenvalue weighted by Gasteiger charge is 2.40. The number of carbonyl (C=O) groups excluding carboxylic acids is 1. The van der Waals surface area contributed by atoms with Gasteiger partial charge in [0.15, 0.2) is 6.61 Å². The molecule has 1 aromatic carbocycles.